The van der Waals surface area contributed by atoms with Crippen molar-refractivity contribution in [1.29, 1.82) is 0 Å². The zero-order valence-corrected chi connectivity index (χ0v) is 10.8. The lowest BCUT2D eigenvalue weighted by Gasteiger charge is -2.32. The van der Waals surface area contributed by atoms with Gasteiger partial charge < -0.3 is 4.74 Å². The number of carbonyl (C=O) groups is 2. The summed E-state index contributed by atoms with van der Waals surface area (Å²) in [6.45, 7) is 5.86. The largest absolute Gasteiger partial charge is 0.440 e. The molecule has 1 heterocycles. The van der Waals surface area contributed by atoms with Crippen LogP contribution >= 0.6 is 0 Å². The monoisotopic (exact) mass is 247 g/mol. The Morgan fingerprint density at radius 3 is 2.44 bits per heavy atom. The predicted molar refractivity (Wildman–Crippen MR) is 66.8 cm³/mol. The number of hydrogen-bond acceptors (Lipinski definition) is 3. The predicted octanol–water partition coefficient (Wildman–Crippen LogP) is 2.06. The van der Waals surface area contributed by atoms with Crippen molar-refractivity contribution in [2.75, 3.05) is 6.54 Å². The van der Waals surface area contributed by atoms with Crippen molar-refractivity contribution in [2.24, 2.45) is 5.41 Å². The third-order valence-corrected chi connectivity index (χ3v) is 2.85. The molecule has 4 nitrogen and oxygen atoms in total. The van der Waals surface area contributed by atoms with Crippen LogP contribution < -0.4 is 0 Å². The molecule has 1 amide bonds. The molecule has 0 N–H and O–H groups in total. The fourth-order valence-electron chi connectivity index (χ4n) is 2.02. The Morgan fingerprint density at radius 1 is 1.28 bits per heavy atom. The maximum Gasteiger partial charge on any atom is 0.327 e. The molecule has 4 heteroatoms. The van der Waals surface area contributed by atoms with E-state index in [0.717, 1.165) is 0 Å². The highest BCUT2D eigenvalue weighted by molar-refractivity contribution is 5.97. The molecule has 1 aliphatic heterocycles. The van der Waals surface area contributed by atoms with E-state index < -0.39 is 6.23 Å². The number of cyclic esters (lactones) is 1. The van der Waals surface area contributed by atoms with Gasteiger partial charge in [-0.25, -0.2) is 0 Å². The van der Waals surface area contributed by atoms with E-state index in [1.54, 1.807) is 24.3 Å². The standard InChI is InChI=1S/C14H17NO3/c1-14(2,3)13-15(9-11(16)18-13)12(17)10-7-5-4-6-8-10/h4-8,13H,9H2,1-3H3. The van der Waals surface area contributed by atoms with Crippen LogP contribution in [-0.4, -0.2) is 29.5 Å². The fourth-order valence-corrected chi connectivity index (χ4v) is 2.02. The normalized spacial score (nSPS) is 19.8. The summed E-state index contributed by atoms with van der Waals surface area (Å²) >= 11 is 0. The van der Waals surface area contributed by atoms with Crippen LogP contribution in [0.25, 0.3) is 0 Å². The molecule has 0 radical (unpaired) electrons. The van der Waals surface area contributed by atoms with E-state index in [1.807, 2.05) is 26.8 Å². The van der Waals surface area contributed by atoms with Gasteiger partial charge in [-0.1, -0.05) is 39.0 Å². The van der Waals surface area contributed by atoms with E-state index in [9.17, 15) is 9.59 Å². The van der Waals surface area contributed by atoms with Crippen LogP contribution in [0.15, 0.2) is 30.3 Å². The van der Waals surface area contributed by atoms with Gasteiger partial charge in [-0.3, -0.25) is 14.5 Å². The van der Waals surface area contributed by atoms with Crippen LogP contribution in [0.2, 0.25) is 0 Å². The molecule has 0 bridgehead atoms. The molecule has 0 saturated carbocycles. The van der Waals surface area contributed by atoms with E-state index in [2.05, 4.69) is 0 Å². The van der Waals surface area contributed by atoms with E-state index in [-0.39, 0.29) is 23.8 Å². The molecule has 1 unspecified atom stereocenters. The maximum absolute atomic E-state index is 12.3. The summed E-state index contributed by atoms with van der Waals surface area (Å²) < 4.78 is 5.25. The molecule has 0 aromatic heterocycles. The second-order valence-corrected chi connectivity index (χ2v) is 5.51. The molecule has 96 valence electrons. The van der Waals surface area contributed by atoms with Crippen LogP contribution in [0.5, 0.6) is 0 Å². The molecule has 1 aromatic carbocycles. The van der Waals surface area contributed by atoms with Gasteiger partial charge >= 0.3 is 5.97 Å². The van der Waals surface area contributed by atoms with Gasteiger partial charge in [-0.15, -0.1) is 0 Å². The average molecular weight is 247 g/mol. The Balaban J connectivity index is 2.27. The lowest BCUT2D eigenvalue weighted by Crippen LogP contribution is -2.43. The van der Waals surface area contributed by atoms with Gasteiger partial charge in [0.2, 0.25) is 0 Å². The molecule has 1 aromatic rings. The maximum atomic E-state index is 12.3. The molecule has 2 rings (SSSR count). The van der Waals surface area contributed by atoms with Crippen molar-refractivity contribution in [1.82, 2.24) is 4.90 Å². The van der Waals surface area contributed by atoms with E-state index in [4.69, 9.17) is 4.74 Å². The molecule has 0 aliphatic carbocycles. The number of benzene rings is 1. The number of carbonyl (C=O) groups excluding carboxylic acids is 2. The number of ether oxygens (including phenoxy) is 1. The van der Waals surface area contributed by atoms with Crippen molar-refractivity contribution in [3.8, 4) is 0 Å². The Hall–Kier alpha value is -1.84. The first-order chi connectivity index (χ1) is 8.39. The molecule has 1 atom stereocenters. The second-order valence-electron chi connectivity index (χ2n) is 5.51. The highest BCUT2D eigenvalue weighted by Crippen LogP contribution is 2.30. The highest BCUT2D eigenvalue weighted by Gasteiger charge is 2.43. The first-order valence-electron chi connectivity index (χ1n) is 5.95. The SMILES string of the molecule is CC(C)(C)C1OC(=O)CN1C(=O)c1ccccc1. The summed E-state index contributed by atoms with van der Waals surface area (Å²) in [5.41, 5.74) is 0.279. The third-order valence-electron chi connectivity index (χ3n) is 2.85. The smallest absolute Gasteiger partial charge is 0.327 e. The third kappa shape index (κ3) is 2.37. The molecule has 0 spiro atoms. The Bertz CT molecular complexity index is 462. The van der Waals surface area contributed by atoms with Gasteiger partial charge in [-0.2, -0.15) is 0 Å². The molecule has 1 aliphatic rings. The number of esters is 1. The van der Waals surface area contributed by atoms with Crippen LogP contribution in [0.1, 0.15) is 31.1 Å². The van der Waals surface area contributed by atoms with E-state index in [0.29, 0.717) is 5.56 Å². The summed E-state index contributed by atoms with van der Waals surface area (Å²) in [6, 6.07) is 8.94. The summed E-state index contributed by atoms with van der Waals surface area (Å²) in [7, 11) is 0. The number of amides is 1. The highest BCUT2D eigenvalue weighted by atomic mass is 16.6. The number of rotatable bonds is 1. The summed E-state index contributed by atoms with van der Waals surface area (Å²) in [5.74, 6) is -0.513. The number of hydrogen-bond donors (Lipinski definition) is 0. The first-order valence-corrected chi connectivity index (χ1v) is 5.95. The van der Waals surface area contributed by atoms with Crippen molar-refractivity contribution < 1.29 is 14.3 Å². The van der Waals surface area contributed by atoms with Crippen molar-refractivity contribution in [3.63, 3.8) is 0 Å². The molecular weight excluding hydrogens is 230 g/mol. The minimum Gasteiger partial charge on any atom is -0.440 e. The fraction of sp³-hybridized carbons (Fsp3) is 0.429. The second kappa shape index (κ2) is 4.44. The topological polar surface area (TPSA) is 46.6 Å². The van der Waals surface area contributed by atoms with Gasteiger partial charge in [0.25, 0.3) is 5.91 Å². The minimum atomic E-state index is -0.502. The molecular formula is C14H17NO3. The zero-order valence-electron chi connectivity index (χ0n) is 10.8. The van der Waals surface area contributed by atoms with E-state index >= 15 is 0 Å². The van der Waals surface area contributed by atoms with Crippen LogP contribution in [0.4, 0.5) is 0 Å². The van der Waals surface area contributed by atoms with Crippen LogP contribution in [-0.2, 0) is 9.53 Å². The summed E-state index contributed by atoms with van der Waals surface area (Å²) in [4.78, 5) is 25.3. The van der Waals surface area contributed by atoms with Crippen LogP contribution in [0, 0.1) is 5.41 Å². The number of nitrogens with zero attached hydrogens (tertiary/aromatic N) is 1. The van der Waals surface area contributed by atoms with E-state index in [1.165, 1.54) is 4.90 Å². The molecule has 1 fully saturated rings. The van der Waals surface area contributed by atoms with Gasteiger partial charge in [0.05, 0.1) is 0 Å². The quantitative estimate of drug-likeness (QED) is 0.714. The Morgan fingerprint density at radius 2 is 1.89 bits per heavy atom. The summed E-state index contributed by atoms with van der Waals surface area (Å²) in [5, 5.41) is 0. The lowest BCUT2D eigenvalue weighted by atomic mass is 9.93. The Labute approximate surface area is 107 Å². The van der Waals surface area contributed by atoms with Crippen molar-refractivity contribution >= 4 is 11.9 Å². The van der Waals surface area contributed by atoms with Gasteiger partial charge in [0.15, 0.2) is 6.23 Å². The molecule has 1 saturated heterocycles. The van der Waals surface area contributed by atoms with Crippen molar-refractivity contribution in [3.05, 3.63) is 35.9 Å². The van der Waals surface area contributed by atoms with Crippen molar-refractivity contribution in [2.45, 2.75) is 27.0 Å². The van der Waals surface area contributed by atoms with Gasteiger partial charge in [0.1, 0.15) is 6.54 Å². The van der Waals surface area contributed by atoms with Crippen LogP contribution in [0.3, 0.4) is 0 Å². The average Bonchev–Trinajstić information content (AvgIpc) is 2.71. The Kier molecular flexibility index (Phi) is 3.11. The first kappa shape index (κ1) is 12.6. The zero-order chi connectivity index (χ0) is 13.3. The lowest BCUT2D eigenvalue weighted by molar-refractivity contribution is -0.146. The van der Waals surface area contributed by atoms with Gasteiger partial charge in [0, 0.05) is 11.0 Å². The minimum absolute atomic E-state index is 0.0235. The van der Waals surface area contributed by atoms with Gasteiger partial charge in [-0.05, 0) is 12.1 Å². The molecule has 18 heavy (non-hydrogen) atoms. The summed E-state index contributed by atoms with van der Waals surface area (Å²) in [6.07, 6.45) is -0.502.